The second-order valence-corrected chi connectivity index (χ2v) is 18.7. The van der Waals surface area contributed by atoms with Crippen molar-refractivity contribution < 1.29 is 0 Å². The maximum Gasteiger partial charge on any atom is 0.0626 e. The van der Waals surface area contributed by atoms with Gasteiger partial charge in [-0.05, 0) is 172 Å². The van der Waals surface area contributed by atoms with E-state index in [1.54, 1.807) is 0 Å². The summed E-state index contributed by atoms with van der Waals surface area (Å²) in [4.78, 5) is 10.00. The highest BCUT2D eigenvalue weighted by Crippen LogP contribution is 2.59. The minimum absolute atomic E-state index is 1.08. The summed E-state index contributed by atoms with van der Waals surface area (Å²) in [5, 5.41) is 4.78. The van der Waals surface area contributed by atoms with Crippen molar-refractivity contribution in [1.29, 1.82) is 0 Å². The SMILES string of the molecule is CC.CC.CC.CC.CC.CC.CC.CC.Cc1c(N(c2ccccc2)c2ccccc2)c(C)c2c(N(c3ccccc3)c3ccccc3)c3c(C)c(C)c(N(c4ccccc4)c4ccccc4)c(C)c3c(N(c3ccccc3)c3ccccc3)c2c1C. The summed E-state index contributed by atoms with van der Waals surface area (Å²) in [7, 11) is 0. The van der Waals surface area contributed by atoms with Gasteiger partial charge < -0.3 is 19.6 Å². The quantitative estimate of drug-likeness (QED) is 0.0893. The van der Waals surface area contributed by atoms with E-state index >= 15 is 0 Å². The van der Waals surface area contributed by atoms with E-state index in [1.165, 1.54) is 54.9 Å². The van der Waals surface area contributed by atoms with Gasteiger partial charge in [-0.3, -0.25) is 0 Å². The van der Waals surface area contributed by atoms with Gasteiger partial charge in [-0.2, -0.15) is 0 Å². The summed E-state index contributed by atoms with van der Waals surface area (Å²) < 4.78 is 0. The van der Waals surface area contributed by atoms with Crippen molar-refractivity contribution in [3.8, 4) is 0 Å². The van der Waals surface area contributed by atoms with Crippen LogP contribution in [0.4, 0.5) is 68.2 Å². The minimum Gasteiger partial charge on any atom is -0.310 e. The van der Waals surface area contributed by atoms with Crippen molar-refractivity contribution in [2.75, 3.05) is 19.6 Å². The van der Waals surface area contributed by atoms with Crippen LogP contribution in [0, 0.1) is 41.5 Å². The fourth-order valence-corrected chi connectivity index (χ4v) is 11.1. The van der Waals surface area contributed by atoms with Crippen LogP contribution >= 0.6 is 0 Å². The third-order valence-electron chi connectivity index (χ3n) is 14.5. The maximum atomic E-state index is 2.53. The number of fused-ring (bicyclic) bond motifs is 2. The van der Waals surface area contributed by atoms with Crippen LogP contribution in [-0.2, 0) is 0 Å². The Hall–Kier alpha value is -8.86. The Kier molecular flexibility index (Phi) is 32.6. The van der Waals surface area contributed by atoms with Crippen LogP contribution < -0.4 is 19.6 Å². The van der Waals surface area contributed by atoms with Gasteiger partial charge in [0, 0.05) is 67.0 Å². The summed E-state index contributed by atoms with van der Waals surface area (Å²) in [5.41, 5.74) is 20.6. The van der Waals surface area contributed by atoms with E-state index in [-0.39, 0.29) is 0 Å². The summed E-state index contributed by atoms with van der Waals surface area (Å²) >= 11 is 0. The van der Waals surface area contributed by atoms with Crippen LogP contribution in [0.5, 0.6) is 0 Å². The van der Waals surface area contributed by atoms with Gasteiger partial charge >= 0.3 is 0 Å². The molecule has 0 heterocycles. The molecular weight excluding hydrogens is 1060 g/mol. The second kappa shape index (κ2) is 39.0. The molecule has 0 saturated heterocycles. The van der Waals surface area contributed by atoms with Crippen LogP contribution in [0.15, 0.2) is 243 Å². The molecule has 88 heavy (non-hydrogen) atoms. The normalized spacial score (nSPS) is 9.70. The van der Waals surface area contributed by atoms with Crippen molar-refractivity contribution in [1.82, 2.24) is 0 Å². The van der Waals surface area contributed by atoms with E-state index in [9.17, 15) is 0 Å². The van der Waals surface area contributed by atoms with Crippen LogP contribution in [0.3, 0.4) is 0 Å². The lowest BCUT2D eigenvalue weighted by Gasteiger charge is -2.38. The summed E-state index contributed by atoms with van der Waals surface area (Å²) in [5.74, 6) is 0. The zero-order valence-electron chi connectivity index (χ0n) is 57.9. The molecule has 0 atom stereocenters. The number of rotatable bonds is 12. The molecule has 0 spiro atoms. The molecule has 11 rings (SSSR count). The standard InChI is InChI=1S/C68H58N4.8C2H6/c1-47-49(3)65(69(53-31-15-7-16-32-53)54-33-17-8-18-34-54)51(5)63-61(47)67(71(57-39-23-11-24-40-57)58-41-25-12-26-42-58)64-52(6)66(70(55-35-19-9-20-36-55)56-37-21-10-22-38-56)50(4)48(2)62(64)68(63)72(59-43-27-13-28-44-59)60-45-29-14-30-46-60;8*1-2/h7-46H,1-6H3;8*1-2H3. The highest BCUT2D eigenvalue weighted by atomic mass is 15.2. The summed E-state index contributed by atoms with van der Waals surface area (Å²) in [6.07, 6.45) is 0. The predicted molar refractivity (Wildman–Crippen MR) is 399 cm³/mol. The lowest BCUT2D eigenvalue weighted by Crippen LogP contribution is -2.20. The Labute approximate surface area is 534 Å². The molecule has 0 aromatic heterocycles. The lowest BCUT2D eigenvalue weighted by atomic mass is 9.82. The van der Waals surface area contributed by atoms with Gasteiger partial charge in [0.2, 0.25) is 0 Å². The molecule has 11 aromatic carbocycles. The van der Waals surface area contributed by atoms with Crippen LogP contribution in [0.1, 0.15) is 144 Å². The Balaban J connectivity index is 0.00000117. The highest BCUT2D eigenvalue weighted by Gasteiger charge is 2.34. The molecule has 0 radical (unpaired) electrons. The van der Waals surface area contributed by atoms with Crippen molar-refractivity contribution in [2.45, 2.75) is 152 Å². The minimum atomic E-state index is 1.08. The molecule has 0 aliphatic rings. The number of hydrogen-bond donors (Lipinski definition) is 0. The fourth-order valence-electron chi connectivity index (χ4n) is 11.1. The molecule has 0 saturated carbocycles. The van der Waals surface area contributed by atoms with Gasteiger partial charge in [0.05, 0.1) is 22.7 Å². The maximum absolute atomic E-state index is 2.53. The zero-order valence-corrected chi connectivity index (χ0v) is 57.9. The van der Waals surface area contributed by atoms with E-state index in [0.717, 1.165) is 68.2 Å². The van der Waals surface area contributed by atoms with E-state index in [1.807, 2.05) is 111 Å². The Morgan fingerprint density at radius 1 is 0.148 bits per heavy atom. The second-order valence-electron chi connectivity index (χ2n) is 18.7. The smallest absolute Gasteiger partial charge is 0.0626 e. The van der Waals surface area contributed by atoms with E-state index in [2.05, 4.69) is 304 Å². The van der Waals surface area contributed by atoms with E-state index in [0.29, 0.717) is 0 Å². The van der Waals surface area contributed by atoms with Crippen LogP contribution in [0.2, 0.25) is 0 Å². The molecule has 4 nitrogen and oxygen atoms in total. The first-order chi connectivity index (χ1) is 43.3. The fraction of sp³-hybridized carbons (Fsp3) is 0.262. The van der Waals surface area contributed by atoms with Gasteiger partial charge in [-0.1, -0.05) is 256 Å². The highest BCUT2D eigenvalue weighted by molar-refractivity contribution is 6.28. The van der Waals surface area contributed by atoms with Crippen molar-refractivity contribution in [3.05, 3.63) is 276 Å². The summed E-state index contributed by atoms with van der Waals surface area (Å²) in [6, 6.07) is 87.2. The van der Waals surface area contributed by atoms with Gasteiger partial charge in [0.25, 0.3) is 0 Å². The Morgan fingerprint density at radius 3 is 0.420 bits per heavy atom. The van der Waals surface area contributed by atoms with Crippen molar-refractivity contribution in [3.63, 3.8) is 0 Å². The van der Waals surface area contributed by atoms with Gasteiger partial charge in [-0.15, -0.1) is 0 Å². The number of para-hydroxylation sites is 8. The van der Waals surface area contributed by atoms with Crippen LogP contribution in [-0.4, -0.2) is 0 Å². The number of nitrogens with zero attached hydrogens (tertiary/aromatic N) is 4. The molecule has 11 aromatic rings. The Morgan fingerprint density at radius 2 is 0.273 bits per heavy atom. The first-order valence-electron chi connectivity index (χ1n) is 33.0. The molecule has 462 valence electrons. The number of benzene rings is 11. The molecule has 0 bridgehead atoms. The third-order valence-corrected chi connectivity index (χ3v) is 14.5. The molecular formula is C84H106N4. The first kappa shape index (κ1) is 73.4. The van der Waals surface area contributed by atoms with Crippen molar-refractivity contribution >= 4 is 89.8 Å². The van der Waals surface area contributed by atoms with Crippen molar-refractivity contribution in [2.24, 2.45) is 0 Å². The average Bonchev–Trinajstić information content (AvgIpc) is 0.703. The number of aryl methyl sites for hydroxylation is 4. The molecule has 0 amide bonds. The third kappa shape index (κ3) is 16.0. The number of anilines is 12. The van der Waals surface area contributed by atoms with Gasteiger partial charge in [0.15, 0.2) is 0 Å². The molecule has 0 N–H and O–H groups in total. The summed E-state index contributed by atoms with van der Waals surface area (Å²) in [6.45, 7) is 46.1. The topological polar surface area (TPSA) is 13.0 Å². The molecule has 4 heteroatoms. The first-order valence-corrected chi connectivity index (χ1v) is 33.0. The molecule has 0 fully saturated rings. The van der Waals surface area contributed by atoms with Gasteiger partial charge in [0.1, 0.15) is 0 Å². The largest absolute Gasteiger partial charge is 0.310 e. The van der Waals surface area contributed by atoms with Crippen LogP contribution in [0.25, 0.3) is 21.5 Å². The monoisotopic (exact) mass is 1170 g/mol. The average molecular weight is 1170 g/mol. The predicted octanol–water partition coefficient (Wildman–Crippen LogP) is 27.9. The van der Waals surface area contributed by atoms with E-state index < -0.39 is 0 Å². The van der Waals surface area contributed by atoms with Gasteiger partial charge in [-0.25, -0.2) is 0 Å². The lowest BCUT2D eigenvalue weighted by molar-refractivity contribution is 1.19. The zero-order chi connectivity index (χ0) is 65.3. The Bertz CT molecular complexity index is 3260. The number of hydrogen-bond acceptors (Lipinski definition) is 4. The molecule has 0 unspecified atom stereocenters. The molecule has 0 aliphatic heterocycles. The van der Waals surface area contributed by atoms with E-state index in [4.69, 9.17) is 0 Å². The molecule has 0 aliphatic carbocycles.